The first kappa shape index (κ1) is 13.6. The van der Waals surface area contributed by atoms with Gasteiger partial charge in [-0.15, -0.1) is 0 Å². The minimum absolute atomic E-state index is 0.0149. The van der Waals surface area contributed by atoms with Gasteiger partial charge >= 0.3 is 0 Å². The minimum atomic E-state index is -0.364. The van der Waals surface area contributed by atoms with Crippen LogP contribution in [-0.2, 0) is 16.1 Å². The number of nitrogens with zero attached hydrogens (tertiary/aromatic N) is 1. The molecule has 1 N–H and O–H groups in total. The molecule has 1 unspecified atom stereocenters. The van der Waals surface area contributed by atoms with Gasteiger partial charge in [0.05, 0.1) is 12.8 Å². The van der Waals surface area contributed by atoms with E-state index in [0.29, 0.717) is 37.6 Å². The number of nitrogens with one attached hydrogen (secondary N) is 1. The summed E-state index contributed by atoms with van der Waals surface area (Å²) in [7, 11) is 0. The molecule has 1 aromatic rings. The number of rotatable bonds is 5. The van der Waals surface area contributed by atoms with E-state index in [9.17, 15) is 9.59 Å². The number of hydrogen-bond donors (Lipinski definition) is 1. The van der Waals surface area contributed by atoms with Crippen molar-refractivity contribution in [3.05, 3.63) is 24.2 Å². The fourth-order valence-corrected chi connectivity index (χ4v) is 2.20. The molecular formula is C14H20N2O3. The fraction of sp³-hybridized carbons (Fsp3) is 0.571. The Morgan fingerprint density at radius 1 is 1.58 bits per heavy atom. The van der Waals surface area contributed by atoms with Gasteiger partial charge in [0.25, 0.3) is 0 Å². The first-order valence-corrected chi connectivity index (χ1v) is 6.67. The molecule has 2 rings (SSSR count). The molecule has 1 aliphatic heterocycles. The second kappa shape index (κ2) is 5.91. The summed E-state index contributed by atoms with van der Waals surface area (Å²) in [5.74, 6) is 1.06. The van der Waals surface area contributed by atoms with E-state index in [0.717, 1.165) is 0 Å². The van der Waals surface area contributed by atoms with E-state index in [1.165, 1.54) is 0 Å². The molecular weight excluding hydrogens is 244 g/mol. The zero-order chi connectivity index (χ0) is 13.8. The molecule has 0 aromatic carbocycles. The van der Waals surface area contributed by atoms with Gasteiger partial charge in [0, 0.05) is 13.0 Å². The van der Waals surface area contributed by atoms with Gasteiger partial charge in [-0.3, -0.25) is 9.59 Å². The lowest BCUT2D eigenvalue weighted by atomic mass is 10.2. The molecule has 1 saturated heterocycles. The number of amides is 2. The average molecular weight is 264 g/mol. The molecule has 5 heteroatoms. The summed E-state index contributed by atoms with van der Waals surface area (Å²) < 4.78 is 5.24. The predicted molar refractivity (Wildman–Crippen MR) is 70.1 cm³/mol. The topological polar surface area (TPSA) is 62.6 Å². The molecule has 0 spiro atoms. The summed E-state index contributed by atoms with van der Waals surface area (Å²) in [6.45, 7) is 5.09. The van der Waals surface area contributed by atoms with Gasteiger partial charge in [-0.1, -0.05) is 13.8 Å². The van der Waals surface area contributed by atoms with Crippen LogP contribution in [0.4, 0.5) is 0 Å². The van der Waals surface area contributed by atoms with Crippen molar-refractivity contribution in [2.45, 2.75) is 39.3 Å². The first-order valence-electron chi connectivity index (χ1n) is 6.67. The Balaban J connectivity index is 1.98. The molecule has 1 aliphatic rings. The van der Waals surface area contributed by atoms with E-state index in [-0.39, 0.29) is 17.9 Å². The summed E-state index contributed by atoms with van der Waals surface area (Å²) in [4.78, 5) is 25.6. The second-order valence-electron chi connectivity index (χ2n) is 5.29. The Morgan fingerprint density at radius 3 is 3.00 bits per heavy atom. The Kier molecular flexibility index (Phi) is 4.24. The van der Waals surface area contributed by atoms with Crippen molar-refractivity contribution in [3.8, 4) is 0 Å². The van der Waals surface area contributed by atoms with E-state index in [1.807, 2.05) is 19.9 Å². The van der Waals surface area contributed by atoms with E-state index >= 15 is 0 Å². The number of carbonyl (C=O) groups is 2. The smallest absolute Gasteiger partial charge is 0.242 e. The van der Waals surface area contributed by atoms with E-state index in [2.05, 4.69) is 5.32 Å². The van der Waals surface area contributed by atoms with Crippen LogP contribution in [0.25, 0.3) is 0 Å². The standard InChI is InChI=1S/C14H20N2O3/c1-10(2)8-15-14(18)12-5-6-13(17)16(12)9-11-4-3-7-19-11/h3-4,7,10,12H,5-6,8-9H2,1-2H3,(H,15,18). The molecule has 5 nitrogen and oxygen atoms in total. The highest BCUT2D eigenvalue weighted by Crippen LogP contribution is 2.21. The van der Waals surface area contributed by atoms with Crippen molar-refractivity contribution >= 4 is 11.8 Å². The van der Waals surface area contributed by atoms with Gasteiger partial charge in [0.15, 0.2) is 0 Å². The Morgan fingerprint density at radius 2 is 2.37 bits per heavy atom. The summed E-state index contributed by atoms with van der Waals surface area (Å²) >= 11 is 0. The van der Waals surface area contributed by atoms with Gasteiger partial charge in [-0.25, -0.2) is 0 Å². The molecule has 19 heavy (non-hydrogen) atoms. The van der Waals surface area contributed by atoms with Crippen LogP contribution in [0.5, 0.6) is 0 Å². The van der Waals surface area contributed by atoms with Crippen LogP contribution < -0.4 is 5.32 Å². The summed E-state index contributed by atoms with van der Waals surface area (Å²) in [5, 5.41) is 2.89. The van der Waals surface area contributed by atoms with Crippen LogP contribution in [0.2, 0.25) is 0 Å². The summed E-state index contributed by atoms with van der Waals surface area (Å²) in [6, 6.07) is 3.23. The predicted octanol–water partition coefficient (Wildman–Crippen LogP) is 1.54. The Bertz CT molecular complexity index is 440. The van der Waals surface area contributed by atoms with Crippen molar-refractivity contribution in [1.82, 2.24) is 10.2 Å². The monoisotopic (exact) mass is 264 g/mol. The van der Waals surface area contributed by atoms with Crippen molar-refractivity contribution in [2.24, 2.45) is 5.92 Å². The van der Waals surface area contributed by atoms with Crippen LogP contribution >= 0.6 is 0 Å². The third kappa shape index (κ3) is 3.36. The van der Waals surface area contributed by atoms with Crippen molar-refractivity contribution in [2.75, 3.05) is 6.54 Å². The van der Waals surface area contributed by atoms with Crippen molar-refractivity contribution in [3.63, 3.8) is 0 Å². The van der Waals surface area contributed by atoms with Crippen molar-refractivity contribution in [1.29, 1.82) is 0 Å². The normalized spacial score (nSPS) is 19.2. The fourth-order valence-electron chi connectivity index (χ4n) is 2.20. The zero-order valence-electron chi connectivity index (χ0n) is 11.4. The van der Waals surface area contributed by atoms with Crippen LogP contribution in [0.3, 0.4) is 0 Å². The van der Waals surface area contributed by atoms with Crippen LogP contribution in [-0.4, -0.2) is 29.3 Å². The highest BCUT2D eigenvalue weighted by Gasteiger charge is 2.36. The molecule has 0 saturated carbocycles. The molecule has 2 heterocycles. The molecule has 2 amide bonds. The minimum Gasteiger partial charge on any atom is -0.467 e. The maximum atomic E-state index is 12.1. The highest BCUT2D eigenvalue weighted by atomic mass is 16.3. The summed E-state index contributed by atoms with van der Waals surface area (Å²) in [6.07, 6.45) is 2.59. The maximum absolute atomic E-state index is 12.1. The molecule has 104 valence electrons. The quantitative estimate of drug-likeness (QED) is 0.877. The largest absolute Gasteiger partial charge is 0.467 e. The van der Waals surface area contributed by atoms with Crippen molar-refractivity contribution < 1.29 is 14.0 Å². The van der Waals surface area contributed by atoms with Gasteiger partial charge in [-0.2, -0.15) is 0 Å². The Labute approximate surface area is 113 Å². The molecule has 1 atom stereocenters. The lowest BCUT2D eigenvalue weighted by Gasteiger charge is -2.23. The zero-order valence-corrected chi connectivity index (χ0v) is 11.4. The SMILES string of the molecule is CC(C)CNC(=O)C1CCC(=O)N1Cc1ccco1. The number of furan rings is 1. The molecule has 1 fully saturated rings. The lowest BCUT2D eigenvalue weighted by Crippen LogP contribution is -2.45. The number of carbonyl (C=O) groups excluding carboxylic acids is 2. The molecule has 0 radical (unpaired) electrons. The number of likely N-dealkylation sites (tertiary alicyclic amines) is 1. The lowest BCUT2D eigenvalue weighted by molar-refractivity contribution is -0.136. The highest BCUT2D eigenvalue weighted by molar-refractivity contribution is 5.90. The Hall–Kier alpha value is -1.78. The average Bonchev–Trinajstić information content (AvgIpc) is 2.98. The third-order valence-corrected chi connectivity index (χ3v) is 3.22. The number of hydrogen-bond acceptors (Lipinski definition) is 3. The third-order valence-electron chi connectivity index (χ3n) is 3.22. The molecule has 1 aromatic heterocycles. The first-order chi connectivity index (χ1) is 9.08. The van der Waals surface area contributed by atoms with Crippen LogP contribution in [0.1, 0.15) is 32.4 Å². The molecule has 0 aliphatic carbocycles. The molecule has 0 bridgehead atoms. The van der Waals surface area contributed by atoms with Crippen LogP contribution in [0.15, 0.2) is 22.8 Å². The van der Waals surface area contributed by atoms with E-state index in [4.69, 9.17) is 4.42 Å². The van der Waals surface area contributed by atoms with Crippen LogP contribution in [0, 0.1) is 5.92 Å². The summed E-state index contributed by atoms with van der Waals surface area (Å²) in [5.41, 5.74) is 0. The van der Waals surface area contributed by atoms with Gasteiger partial charge in [0.1, 0.15) is 11.8 Å². The van der Waals surface area contributed by atoms with E-state index in [1.54, 1.807) is 17.2 Å². The second-order valence-corrected chi connectivity index (χ2v) is 5.29. The van der Waals surface area contributed by atoms with Gasteiger partial charge < -0.3 is 14.6 Å². The van der Waals surface area contributed by atoms with E-state index < -0.39 is 0 Å². The maximum Gasteiger partial charge on any atom is 0.242 e. The van der Waals surface area contributed by atoms with Gasteiger partial charge in [-0.05, 0) is 24.5 Å². The van der Waals surface area contributed by atoms with Gasteiger partial charge in [0.2, 0.25) is 11.8 Å².